The van der Waals surface area contributed by atoms with Gasteiger partial charge in [0.05, 0.1) is 0 Å². The van der Waals surface area contributed by atoms with Gasteiger partial charge in [0.1, 0.15) is 5.70 Å². The van der Waals surface area contributed by atoms with Gasteiger partial charge in [0.25, 0.3) is 5.91 Å². The SMILES string of the molecule is O=C1NC(=O)N2C=CCC=C12. The van der Waals surface area contributed by atoms with Crippen LogP contribution in [-0.4, -0.2) is 16.8 Å². The maximum absolute atomic E-state index is 10.9. The molecule has 1 N–H and O–H groups in total. The molecular formula is C7H6N2O2. The van der Waals surface area contributed by atoms with Gasteiger partial charge >= 0.3 is 6.03 Å². The van der Waals surface area contributed by atoms with Crippen LogP contribution < -0.4 is 5.32 Å². The molecule has 2 aliphatic heterocycles. The average molecular weight is 150 g/mol. The van der Waals surface area contributed by atoms with Crippen molar-refractivity contribution in [3.63, 3.8) is 0 Å². The summed E-state index contributed by atoms with van der Waals surface area (Å²) >= 11 is 0. The predicted octanol–water partition coefficient (Wildman–Crippen LogP) is 0.340. The van der Waals surface area contributed by atoms with Crippen molar-refractivity contribution < 1.29 is 9.59 Å². The van der Waals surface area contributed by atoms with Gasteiger partial charge in [-0.25, -0.2) is 4.79 Å². The van der Waals surface area contributed by atoms with E-state index in [1.807, 2.05) is 6.08 Å². The first-order chi connectivity index (χ1) is 5.29. The van der Waals surface area contributed by atoms with Gasteiger partial charge in [-0.15, -0.1) is 0 Å². The lowest BCUT2D eigenvalue weighted by Gasteiger charge is -2.11. The Kier molecular flexibility index (Phi) is 1.09. The summed E-state index contributed by atoms with van der Waals surface area (Å²) in [5.74, 6) is -0.306. The second kappa shape index (κ2) is 1.95. The molecule has 2 heterocycles. The topological polar surface area (TPSA) is 49.4 Å². The number of hydrogen-bond donors (Lipinski definition) is 1. The van der Waals surface area contributed by atoms with E-state index in [1.54, 1.807) is 12.3 Å². The van der Waals surface area contributed by atoms with Crippen LogP contribution in [0.25, 0.3) is 0 Å². The van der Waals surface area contributed by atoms with Crippen LogP contribution in [0.1, 0.15) is 6.42 Å². The summed E-state index contributed by atoms with van der Waals surface area (Å²) < 4.78 is 0. The fraction of sp³-hybridized carbons (Fsp3) is 0.143. The van der Waals surface area contributed by atoms with Gasteiger partial charge in [0.2, 0.25) is 0 Å². The van der Waals surface area contributed by atoms with Gasteiger partial charge in [-0.1, -0.05) is 12.2 Å². The number of imide groups is 1. The zero-order chi connectivity index (χ0) is 7.84. The van der Waals surface area contributed by atoms with E-state index in [0.29, 0.717) is 12.1 Å². The normalized spacial score (nSPS) is 21.5. The third kappa shape index (κ3) is 0.756. The number of allylic oxidation sites excluding steroid dienone is 2. The smallest absolute Gasteiger partial charge is 0.272 e. The van der Waals surface area contributed by atoms with Crippen LogP contribution in [0.4, 0.5) is 4.79 Å². The Labute approximate surface area is 63.2 Å². The highest BCUT2D eigenvalue weighted by atomic mass is 16.2. The second-order valence-corrected chi connectivity index (χ2v) is 2.34. The summed E-state index contributed by atoms with van der Waals surface area (Å²) in [6, 6.07) is -0.364. The van der Waals surface area contributed by atoms with E-state index in [0.717, 1.165) is 0 Å². The Morgan fingerprint density at radius 2 is 2.27 bits per heavy atom. The van der Waals surface area contributed by atoms with Gasteiger partial charge in [-0.3, -0.25) is 15.0 Å². The van der Waals surface area contributed by atoms with Crippen molar-refractivity contribution in [3.8, 4) is 0 Å². The lowest BCUT2D eigenvalue weighted by Crippen LogP contribution is -2.23. The minimum Gasteiger partial charge on any atom is -0.272 e. The molecule has 1 saturated heterocycles. The summed E-state index contributed by atoms with van der Waals surface area (Å²) in [5, 5.41) is 2.19. The van der Waals surface area contributed by atoms with E-state index in [9.17, 15) is 9.59 Å². The lowest BCUT2D eigenvalue weighted by molar-refractivity contribution is -0.116. The molecule has 0 saturated carbocycles. The van der Waals surface area contributed by atoms with Crippen LogP contribution in [0.15, 0.2) is 24.0 Å². The number of amides is 3. The summed E-state index contributed by atoms with van der Waals surface area (Å²) in [5.41, 5.74) is 0.442. The van der Waals surface area contributed by atoms with Crippen molar-refractivity contribution in [1.29, 1.82) is 0 Å². The van der Waals surface area contributed by atoms with Gasteiger partial charge in [-0.2, -0.15) is 0 Å². The number of rotatable bonds is 0. The van der Waals surface area contributed by atoms with Crippen LogP contribution in [0.2, 0.25) is 0 Å². The first kappa shape index (κ1) is 6.15. The number of nitrogens with zero attached hydrogens (tertiary/aromatic N) is 1. The number of carbonyl (C=O) groups excluding carboxylic acids is 2. The number of hydrogen-bond acceptors (Lipinski definition) is 2. The molecule has 3 amide bonds. The van der Waals surface area contributed by atoms with E-state index in [-0.39, 0.29) is 11.9 Å². The molecule has 0 atom stereocenters. The van der Waals surface area contributed by atoms with Gasteiger partial charge in [0.15, 0.2) is 0 Å². The van der Waals surface area contributed by atoms with Crippen LogP contribution in [-0.2, 0) is 4.79 Å². The van der Waals surface area contributed by atoms with Crippen LogP contribution in [0.3, 0.4) is 0 Å². The Bertz CT molecular complexity index is 291. The standard InChI is InChI=1S/C7H6N2O2/c10-6-5-3-1-2-4-9(5)7(11)8-6/h2-4H,1H2,(H,8,10,11). The third-order valence-corrected chi connectivity index (χ3v) is 1.63. The summed E-state index contributed by atoms with van der Waals surface area (Å²) in [4.78, 5) is 23.2. The maximum atomic E-state index is 10.9. The van der Waals surface area contributed by atoms with Crippen LogP contribution in [0, 0.1) is 0 Å². The molecular weight excluding hydrogens is 144 g/mol. The first-order valence-corrected chi connectivity index (χ1v) is 3.30. The van der Waals surface area contributed by atoms with E-state index < -0.39 is 0 Å². The molecule has 0 radical (unpaired) electrons. The maximum Gasteiger partial charge on any atom is 0.333 e. The highest BCUT2D eigenvalue weighted by Crippen LogP contribution is 2.17. The monoisotopic (exact) mass is 150 g/mol. The zero-order valence-corrected chi connectivity index (χ0v) is 5.70. The summed E-state index contributed by atoms with van der Waals surface area (Å²) in [6.07, 6.45) is 5.87. The third-order valence-electron chi connectivity index (χ3n) is 1.63. The number of carbonyl (C=O) groups is 2. The van der Waals surface area contributed by atoms with E-state index in [1.165, 1.54) is 4.90 Å². The molecule has 0 aromatic rings. The Balaban J connectivity index is 2.42. The Morgan fingerprint density at radius 1 is 1.45 bits per heavy atom. The quantitative estimate of drug-likeness (QED) is 0.506. The molecule has 4 nitrogen and oxygen atoms in total. The summed E-state index contributed by atoms with van der Waals surface area (Å²) in [6.45, 7) is 0. The molecule has 0 spiro atoms. The zero-order valence-electron chi connectivity index (χ0n) is 5.70. The molecule has 4 heteroatoms. The van der Waals surface area contributed by atoms with Gasteiger partial charge in [-0.05, 0) is 6.42 Å². The van der Waals surface area contributed by atoms with Crippen molar-refractivity contribution in [1.82, 2.24) is 10.2 Å². The van der Waals surface area contributed by atoms with Gasteiger partial charge in [0, 0.05) is 6.20 Å². The average Bonchev–Trinajstić information content (AvgIpc) is 2.30. The Hall–Kier alpha value is -1.58. The molecule has 11 heavy (non-hydrogen) atoms. The number of nitrogens with one attached hydrogen (secondary N) is 1. The number of urea groups is 1. The minimum atomic E-state index is -0.364. The fourth-order valence-corrected chi connectivity index (χ4v) is 1.13. The molecule has 0 aromatic carbocycles. The van der Waals surface area contributed by atoms with Crippen molar-refractivity contribution in [3.05, 3.63) is 24.0 Å². The molecule has 56 valence electrons. The molecule has 1 fully saturated rings. The van der Waals surface area contributed by atoms with E-state index >= 15 is 0 Å². The molecule has 2 aliphatic rings. The van der Waals surface area contributed by atoms with Crippen molar-refractivity contribution >= 4 is 11.9 Å². The first-order valence-electron chi connectivity index (χ1n) is 3.30. The second-order valence-electron chi connectivity index (χ2n) is 2.34. The largest absolute Gasteiger partial charge is 0.333 e. The van der Waals surface area contributed by atoms with Crippen molar-refractivity contribution in [2.45, 2.75) is 6.42 Å². The van der Waals surface area contributed by atoms with Crippen molar-refractivity contribution in [2.24, 2.45) is 0 Å². The van der Waals surface area contributed by atoms with E-state index in [4.69, 9.17) is 0 Å². The molecule has 2 rings (SSSR count). The molecule has 0 bridgehead atoms. The van der Waals surface area contributed by atoms with Crippen molar-refractivity contribution in [2.75, 3.05) is 0 Å². The summed E-state index contributed by atoms with van der Waals surface area (Å²) in [7, 11) is 0. The van der Waals surface area contributed by atoms with E-state index in [2.05, 4.69) is 5.32 Å². The highest BCUT2D eigenvalue weighted by Gasteiger charge is 2.31. The Morgan fingerprint density at radius 3 is 3.00 bits per heavy atom. The van der Waals surface area contributed by atoms with Crippen LogP contribution in [0.5, 0.6) is 0 Å². The lowest BCUT2D eigenvalue weighted by atomic mass is 10.2. The van der Waals surface area contributed by atoms with Gasteiger partial charge < -0.3 is 0 Å². The minimum absolute atomic E-state index is 0.306. The molecule has 0 aromatic heterocycles. The predicted molar refractivity (Wildman–Crippen MR) is 37.2 cm³/mol. The number of fused-ring (bicyclic) bond motifs is 1. The van der Waals surface area contributed by atoms with Crippen LogP contribution >= 0.6 is 0 Å². The molecule has 0 unspecified atom stereocenters. The molecule has 0 aliphatic carbocycles. The fourth-order valence-electron chi connectivity index (χ4n) is 1.13. The highest BCUT2D eigenvalue weighted by molar-refractivity contribution is 6.12.